The highest BCUT2D eigenvalue weighted by molar-refractivity contribution is 6.18. The molecule has 9 nitrogen and oxygen atoms in total. The minimum atomic E-state index is -1.35. The van der Waals surface area contributed by atoms with Crippen LogP contribution in [0.25, 0.3) is 0 Å². The molecule has 0 amide bonds. The van der Waals surface area contributed by atoms with Crippen LogP contribution in [0.5, 0.6) is 23.0 Å². The normalized spacial score (nSPS) is 17.2. The summed E-state index contributed by atoms with van der Waals surface area (Å²) in [7, 11) is 0. The van der Waals surface area contributed by atoms with Crippen molar-refractivity contribution in [3.63, 3.8) is 0 Å². The number of rotatable bonds is 3. The molecule has 2 aliphatic rings. The fourth-order valence-electron chi connectivity index (χ4n) is 5.99. The van der Waals surface area contributed by atoms with Gasteiger partial charge in [-0.1, -0.05) is 30.3 Å². The van der Waals surface area contributed by atoms with Crippen molar-refractivity contribution in [2.75, 3.05) is 0 Å². The number of carbonyl (C=O) groups excluding carboxylic acids is 2. The van der Waals surface area contributed by atoms with Gasteiger partial charge in [0.2, 0.25) is 11.6 Å². The van der Waals surface area contributed by atoms with Gasteiger partial charge < -0.3 is 30.6 Å². The molecule has 0 unspecified atom stereocenters. The number of fused-ring (bicyclic) bond motifs is 4. The number of hydrogen-bond acceptors (Lipinski definition) is 8. The summed E-state index contributed by atoms with van der Waals surface area (Å²) < 4.78 is 0. The highest BCUT2D eigenvalue weighted by Gasteiger charge is 2.45. The zero-order valence-corrected chi connectivity index (χ0v) is 20.0. The number of aliphatic hydroxyl groups excluding tert-OH is 1. The topological polar surface area (TPSA) is 173 Å². The van der Waals surface area contributed by atoms with Gasteiger partial charge in [-0.25, -0.2) is 4.79 Å². The average Bonchev–Trinajstić information content (AvgIpc) is 2.89. The van der Waals surface area contributed by atoms with Crippen LogP contribution in [0, 0.1) is 0 Å². The number of phenols is 4. The summed E-state index contributed by atoms with van der Waals surface area (Å²) in [5.41, 5.74) is 0.500. The molecule has 9 heteroatoms. The summed E-state index contributed by atoms with van der Waals surface area (Å²) >= 11 is 0. The molecule has 6 rings (SSSR count). The van der Waals surface area contributed by atoms with Crippen LogP contribution < -0.4 is 0 Å². The third-order valence-electron chi connectivity index (χ3n) is 7.52. The number of carboxylic acids is 1. The molecule has 0 saturated heterocycles. The molecule has 0 heterocycles. The Kier molecular flexibility index (Phi) is 5.24. The van der Waals surface area contributed by atoms with Crippen molar-refractivity contribution in [1.29, 1.82) is 0 Å². The SMILES string of the molecule is O=C(O)c1cc(O)c2c(c1)[C@H]([C@@H]1c3cccc(O)c3C(=O)c3c(O)cc(CO)cc31)c1cccc(O)c1C2=O. The van der Waals surface area contributed by atoms with Gasteiger partial charge in [0.25, 0.3) is 0 Å². The Morgan fingerprint density at radius 2 is 1.08 bits per heavy atom. The smallest absolute Gasteiger partial charge is 0.335 e. The molecule has 2 aliphatic carbocycles. The zero-order chi connectivity index (χ0) is 27.7. The first kappa shape index (κ1) is 24.2. The fourth-order valence-corrected chi connectivity index (χ4v) is 5.99. The number of aromatic carboxylic acids is 1. The number of hydrogen-bond donors (Lipinski definition) is 6. The van der Waals surface area contributed by atoms with E-state index in [0.29, 0.717) is 11.1 Å². The molecule has 194 valence electrons. The summed E-state index contributed by atoms with van der Waals surface area (Å²) in [6.07, 6.45) is 0. The van der Waals surface area contributed by atoms with Crippen LogP contribution in [0.1, 0.15) is 81.9 Å². The molecule has 4 aromatic rings. The van der Waals surface area contributed by atoms with Crippen LogP contribution in [0.2, 0.25) is 0 Å². The Morgan fingerprint density at radius 3 is 1.56 bits per heavy atom. The average molecular weight is 524 g/mol. The Balaban J connectivity index is 1.78. The van der Waals surface area contributed by atoms with Crippen molar-refractivity contribution in [3.8, 4) is 23.0 Å². The molecule has 0 fully saturated rings. The molecule has 0 bridgehead atoms. The molecular formula is C30H20O9. The van der Waals surface area contributed by atoms with Crippen molar-refractivity contribution in [2.45, 2.75) is 18.4 Å². The summed E-state index contributed by atoms with van der Waals surface area (Å²) in [6, 6.07) is 13.9. The predicted molar refractivity (Wildman–Crippen MR) is 136 cm³/mol. The van der Waals surface area contributed by atoms with Crippen molar-refractivity contribution in [1.82, 2.24) is 0 Å². The molecule has 6 N–H and O–H groups in total. The van der Waals surface area contributed by atoms with E-state index in [2.05, 4.69) is 0 Å². The number of carbonyl (C=O) groups is 3. The molecule has 0 saturated carbocycles. The summed E-state index contributed by atoms with van der Waals surface area (Å²) in [5, 5.41) is 62.8. The fraction of sp³-hybridized carbons (Fsp3) is 0.100. The van der Waals surface area contributed by atoms with Crippen LogP contribution in [0.3, 0.4) is 0 Å². The lowest BCUT2D eigenvalue weighted by atomic mass is 9.63. The van der Waals surface area contributed by atoms with Crippen LogP contribution in [0.15, 0.2) is 60.7 Å². The first-order valence-electron chi connectivity index (χ1n) is 11.9. The first-order valence-corrected chi connectivity index (χ1v) is 11.9. The van der Waals surface area contributed by atoms with Crippen molar-refractivity contribution >= 4 is 17.5 Å². The lowest BCUT2D eigenvalue weighted by Gasteiger charge is -2.38. The molecule has 0 radical (unpaired) electrons. The lowest BCUT2D eigenvalue weighted by molar-refractivity contribution is 0.0695. The monoisotopic (exact) mass is 524 g/mol. The molecule has 2 atom stereocenters. The molecule has 0 aromatic heterocycles. The molecular weight excluding hydrogens is 504 g/mol. The van der Waals surface area contributed by atoms with E-state index < -0.39 is 47.5 Å². The molecule has 4 aromatic carbocycles. The third-order valence-corrected chi connectivity index (χ3v) is 7.52. The van der Waals surface area contributed by atoms with Gasteiger partial charge in [0, 0.05) is 11.8 Å². The van der Waals surface area contributed by atoms with E-state index >= 15 is 0 Å². The third kappa shape index (κ3) is 3.33. The second-order valence-electron chi connectivity index (χ2n) is 9.60. The Morgan fingerprint density at radius 1 is 0.615 bits per heavy atom. The second kappa shape index (κ2) is 8.44. The largest absolute Gasteiger partial charge is 0.507 e. The van der Waals surface area contributed by atoms with E-state index in [9.17, 15) is 45.0 Å². The van der Waals surface area contributed by atoms with Gasteiger partial charge in [0.05, 0.1) is 34.4 Å². The minimum absolute atomic E-state index is 0.0826. The molecule has 0 spiro atoms. The van der Waals surface area contributed by atoms with E-state index in [4.69, 9.17) is 0 Å². The Bertz CT molecular complexity index is 1770. The van der Waals surface area contributed by atoms with Gasteiger partial charge in [-0.05, 0) is 58.1 Å². The Hall–Kier alpha value is -5.15. The van der Waals surface area contributed by atoms with E-state index in [1.165, 1.54) is 42.5 Å². The maximum absolute atomic E-state index is 13.6. The van der Waals surface area contributed by atoms with Crippen molar-refractivity contribution in [2.24, 2.45) is 0 Å². The minimum Gasteiger partial charge on any atom is -0.507 e. The van der Waals surface area contributed by atoms with Crippen LogP contribution in [-0.2, 0) is 6.61 Å². The summed E-state index contributed by atoms with van der Waals surface area (Å²) in [5.74, 6) is -6.32. The Labute approximate surface area is 220 Å². The van der Waals surface area contributed by atoms with Crippen molar-refractivity contribution < 1.29 is 45.0 Å². The summed E-state index contributed by atoms with van der Waals surface area (Å²) in [4.78, 5) is 39.1. The zero-order valence-electron chi connectivity index (χ0n) is 20.0. The second-order valence-corrected chi connectivity index (χ2v) is 9.60. The highest BCUT2D eigenvalue weighted by Crippen LogP contribution is 2.55. The highest BCUT2D eigenvalue weighted by atomic mass is 16.4. The van der Waals surface area contributed by atoms with E-state index in [-0.39, 0.29) is 56.0 Å². The van der Waals surface area contributed by atoms with E-state index in [1.807, 2.05) is 0 Å². The van der Waals surface area contributed by atoms with Crippen LogP contribution in [-0.4, -0.2) is 48.2 Å². The maximum Gasteiger partial charge on any atom is 0.335 e. The number of ketones is 2. The van der Waals surface area contributed by atoms with Gasteiger partial charge in [-0.15, -0.1) is 0 Å². The molecule has 39 heavy (non-hydrogen) atoms. The van der Waals surface area contributed by atoms with Gasteiger partial charge in [0.1, 0.15) is 23.0 Å². The van der Waals surface area contributed by atoms with Gasteiger partial charge in [-0.2, -0.15) is 0 Å². The van der Waals surface area contributed by atoms with Gasteiger partial charge in [-0.3, -0.25) is 9.59 Å². The standard InChI is InChI=1S/C30H20O9/c31-11-12-7-16-22(14-3-1-5-18(32)24(14)28(36)26(16)20(34)8-12)23-15-4-2-6-19(33)25(15)29(37)27-17(23)9-13(30(38)39)10-21(27)35/h1-10,22-23,31-35H,11H2,(H,38,39)/t22-,23-/m1/s1. The maximum atomic E-state index is 13.6. The summed E-state index contributed by atoms with van der Waals surface area (Å²) in [6.45, 7) is -0.463. The van der Waals surface area contributed by atoms with Crippen LogP contribution >= 0.6 is 0 Å². The lowest BCUT2D eigenvalue weighted by Crippen LogP contribution is -2.30. The van der Waals surface area contributed by atoms with Crippen molar-refractivity contribution in [3.05, 3.63) is 116 Å². The number of aliphatic hydroxyl groups is 1. The first-order chi connectivity index (χ1) is 18.6. The van der Waals surface area contributed by atoms with E-state index in [0.717, 1.165) is 6.07 Å². The van der Waals surface area contributed by atoms with E-state index in [1.54, 1.807) is 12.1 Å². The number of benzene rings is 4. The number of aromatic hydroxyl groups is 4. The van der Waals surface area contributed by atoms with Gasteiger partial charge in [0.15, 0.2) is 0 Å². The molecule has 0 aliphatic heterocycles. The number of phenolic OH excluding ortho intramolecular Hbond substituents is 4. The van der Waals surface area contributed by atoms with Gasteiger partial charge >= 0.3 is 5.97 Å². The van der Waals surface area contributed by atoms with Crippen LogP contribution in [0.4, 0.5) is 0 Å². The number of carboxylic acid groups (broad SMARTS) is 1. The predicted octanol–water partition coefficient (Wildman–Crippen LogP) is 3.75. The quantitative estimate of drug-likeness (QED) is 0.233.